The fraction of sp³-hybridized carbons (Fsp3) is 0.800. The van der Waals surface area contributed by atoms with Gasteiger partial charge in [0, 0.05) is 25.1 Å². The van der Waals surface area contributed by atoms with Gasteiger partial charge in [0.15, 0.2) is 0 Å². The second-order valence-corrected chi connectivity index (χ2v) is 10.1. The number of non-ortho nitro benzene ring substituents is 1. The summed E-state index contributed by atoms with van der Waals surface area (Å²) in [6, 6.07) is 3.43. The van der Waals surface area contributed by atoms with E-state index in [0.717, 1.165) is 44.2 Å². The molecule has 16 nitrogen and oxygen atoms in total. The summed E-state index contributed by atoms with van der Waals surface area (Å²) in [4.78, 5) is 20.6. The molecule has 1 aromatic carbocycles. The minimum Gasteiger partial charge on any atom is -0.379 e. The van der Waals surface area contributed by atoms with Crippen molar-refractivity contribution in [2.75, 3.05) is 137 Å². The summed E-state index contributed by atoms with van der Waals surface area (Å²) in [5.74, 6) is 0.732. The quantitative estimate of drug-likeness (QED) is 0.0462. The Morgan fingerprint density at radius 1 is 0.511 bits per heavy atom. The highest BCUT2D eigenvalue weighted by Crippen LogP contribution is 2.28. The molecule has 0 saturated heterocycles. The smallest absolute Gasteiger partial charge is 0.299 e. The van der Waals surface area contributed by atoms with Crippen LogP contribution in [0, 0.1) is 20.2 Å². The van der Waals surface area contributed by atoms with Crippen LogP contribution in [0.1, 0.15) is 25.7 Å². The molecule has 0 heterocycles. The third kappa shape index (κ3) is 26.4. The number of unbranched alkanes of at least 4 members (excludes halogenated alkanes) is 3. The van der Waals surface area contributed by atoms with Gasteiger partial charge in [-0.15, -0.1) is 11.6 Å². The molecule has 0 fully saturated rings. The third-order valence-electron chi connectivity index (χ3n) is 6.10. The van der Waals surface area contributed by atoms with E-state index < -0.39 is 9.85 Å². The number of ether oxygens (including phenoxy) is 9. The van der Waals surface area contributed by atoms with Crippen molar-refractivity contribution in [3.8, 4) is 0 Å². The Morgan fingerprint density at radius 2 is 0.894 bits per heavy atom. The maximum atomic E-state index is 11.1. The standard InChI is InChI=1S/C30H52ClN3O13/c31-7-3-1-2-4-9-39-11-13-41-15-17-43-19-21-45-23-25-47-26-24-46-22-20-44-18-16-42-14-12-40-10-8-32-29-6-5-28(33(35)36)27-30(29)34(37)38/h5-6,27,32H,1-4,7-26H2. The molecule has 0 amide bonds. The highest BCUT2D eigenvalue weighted by atomic mass is 35.5. The molecule has 0 aliphatic carbocycles. The lowest BCUT2D eigenvalue weighted by molar-refractivity contribution is -0.393. The third-order valence-corrected chi connectivity index (χ3v) is 6.37. The monoisotopic (exact) mass is 697 g/mol. The van der Waals surface area contributed by atoms with Crippen LogP contribution < -0.4 is 5.32 Å². The summed E-state index contributed by atoms with van der Waals surface area (Å²) in [6.07, 6.45) is 4.44. The molecule has 17 heteroatoms. The topological polar surface area (TPSA) is 181 Å². The number of nitrogens with zero attached hydrogens (tertiary/aromatic N) is 2. The van der Waals surface area contributed by atoms with Gasteiger partial charge in [-0.2, -0.15) is 0 Å². The van der Waals surface area contributed by atoms with E-state index in [0.29, 0.717) is 112 Å². The largest absolute Gasteiger partial charge is 0.379 e. The lowest BCUT2D eigenvalue weighted by Gasteiger charge is -2.09. The zero-order valence-corrected chi connectivity index (χ0v) is 28.0. The fourth-order valence-electron chi connectivity index (χ4n) is 3.71. The lowest BCUT2D eigenvalue weighted by Crippen LogP contribution is -2.15. The van der Waals surface area contributed by atoms with Gasteiger partial charge in [0.1, 0.15) is 5.69 Å². The van der Waals surface area contributed by atoms with Gasteiger partial charge in [-0.3, -0.25) is 20.2 Å². The van der Waals surface area contributed by atoms with Crippen molar-refractivity contribution in [1.82, 2.24) is 0 Å². The Kier molecular flexibility index (Phi) is 29.4. The van der Waals surface area contributed by atoms with Gasteiger partial charge in [-0.05, 0) is 18.9 Å². The predicted octanol–water partition coefficient (Wildman–Crippen LogP) is 3.86. The Balaban J connectivity index is 1.73. The number of hydrogen-bond donors (Lipinski definition) is 1. The number of nitro benzene ring substituents is 2. The Bertz CT molecular complexity index is 905. The van der Waals surface area contributed by atoms with Crippen molar-refractivity contribution >= 4 is 28.7 Å². The predicted molar refractivity (Wildman–Crippen MR) is 175 cm³/mol. The first kappa shape index (κ1) is 42.8. The van der Waals surface area contributed by atoms with E-state index in [4.69, 9.17) is 54.2 Å². The minimum absolute atomic E-state index is 0.188. The average molecular weight is 698 g/mol. The van der Waals surface area contributed by atoms with Crippen molar-refractivity contribution < 1.29 is 52.5 Å². The SMILES string of the molecule is O=[N+]([O-])c1ccc(NCCOCCOCCOCCOCCOCCOCCOCCOCCOCCCCCCCl)c([N+](=O)[O-])c1. The molecular weight excluding hydrogens is 646 g/mol. The molecule has 0 bridgehead atoms. The second kappa shape index (κ2) is 32.3. The molecule has 0 atom stereocenters. The van der Waals surface area contributed by atoms with Crippen LogP contribution in [0.2, 0.25) is 0 Å². The summed E-state index contributed by atoms with van der Waals surface area (Å²) in [5.41, 5.74) is -0.520. The van der Waals surface area contributed by atoms with Crippen molar-refractivity contribution in [2.24, 2.45) is 0 Å². The van der Waals surface area contributed by atoms with Crippen molar-refractivity contribution in [3.05, 3.63) is 38.4 Å². The van der Waals surface area contributed by atoms with Crippen LogP contribution >= 0.6 is 11.6 Å². The number of benzene rings is 1. The van der Waals surface area contributed by atoms with Gasteiger partial charge in [0.05, 0.1) is 128 Å². The van der Waals surface area contributed by atoms with Gasteiger partial charge in [-0.1, -0.05) is 12.8 Å². The van der Waals surface area contributed by atoms with Crippen LogP contribution in [0.4, 0.5) is 17.1 Å². The van der Waals surface area contributed by atoms with Crippen LogP contribution in [0.3, 0.4) is 0 Å². The van der Waals surface area contributed by atoms with E-state index in [-0.39, 0.29) is 23.7 Å². The van der Waals surface area contributed by atoms with E-state index in [9.17, 15) is 20.2 Å². The van der Waals surface area contributed by atoms with E-state index in [1.54, 1.807) is 0 Å². The molecule has 0 radical (unpaired) electrons. The molecule has 0 aliphatic rings. The van der Waals surface area contributed by atoms with Gasteiger partial charge in [0.25, 0.3) is 11.4 Å². The second-order valence-electron chi connectivity index (χ2n) is 9.76. The first-order valence-electron chi connectivity index (χ1n) is 16.0. The number of nitro groups is 2. The van der Waals surface area contributed by atoms with Crippen LogP contribution in [-0.2, 0) is 42.6 Å². The van der Waals surface area contributed by atoms with E-state index in [1.807, 2.05) is 0 Å². The van der Waals surface area contributed by atoms with Crippen LogP contribution in [-0.4, -0.2) is 141 Å². The fourth-order valence-corrected chi connectivity index (χ4v) is 3.89. The van der Waals surface area contributed by atoms with Crippen molar-refractivity contribution in [2.45, 2.75) is 25.7 Å². The lowest BCUT2D eigenvalue weighted by atomic mass is 10.2. The summed E-state index contributed by atoms with van der Waals surface area (Å²) >= 11 is 5.65. The van der Waals surface area contributed by atoms with Gasteiger partial charge in [0.2, 0.25) is 0 Å². The van der Waals surface area contributed by atoms with Crippen LogP contribution in [0.25, 0.3) is 0 Å². The highest BCUT2D eigenvalue weighted by molar-refractivity contribution is 6.17. The first-order valence-corrected chi connectivity index (χ1v) is 16.5. The normalized spacial score (nSPS) is 11.3. The highest BCUT2D eigenvalue weighted by Gasteiger charge is 2.19. The molecule has 0 saturated carbocycles. The maximum Gasteiger partial charge on any atom is 0.299 e. The number of nitrogens with one attached hydrogen (secondary N) is 1. The number of hydrogen-bond acceptors (Lipinski definition) is 14. The zero-order valence-electron chi connectivity index (χ0n) is 27.3. The van der Waals surface area contributed by atoms with Crippen molar-refractivity contribution in [3.63, 3.8) is 0 Å². The summed E-state index contributed by atoms with van der Waals surface area (Å²) in [7, 11) is 0. The number of rotatable bonds is 36. The molecule has 1 N–H and O–H groups in total. The zero-order chi connectivity index (χ0) is 34.0. The number of anilines is 1. The molecule has 0 spiro atoms. The van der Waals surface area contributed by atoms with Gasteiger partial charge in [-0.25, -0.2) is 0 Å². The van der Waals surface area contributed by atoms with E-state index in [2.05, 4.69) is 5.32 Å². The first-order chi connectivity index (χ1) is 23.1. The maximum absolute atomic E-state index is 11.1. The van der Waals surface area contributed by atoms with Gasteiger partial charge >= 0.3 is 0 Å². The molecule has 47 heavy (non-hydrogen) atoms. The summed E-state index contributed by atoms with van der Waals surface area (Å²) in [5, 5.41) is 24.8. The molecule has 0 unspecified atom stereocenters. The molecule has 272 valence electrons. The molecule has 0 aromatic heterocycles. The van der Waals surface area contributed by atoms with Crippen LogP contribution in [0.15, 0.2) is 18.2 Å². The van der Waals surface area contributed by atoms with Crippen LogP contribution in [0.5, 0.6) is 0 Å². The van der Waals surface area contributed by atoms with E-state index in [1.165, 1.54) is 12.1 Å². The molecule has 0 aliphatic heterocycles. The molecule has 1 rings (SSSR count). The minimum atomic E-state index is -0.680. The average Bonchev–Trinajstić information content (AvgIpc) is 3.06. The Labute approximate surface area is 281 Å². The van der Waals surface area contributed by atoms with Gasteiger partial charge < -0.3 is 47.9 Å². The molecule has 1 aromatic rings. The number of alkyl halides is 1. The number of halogens is 1. The van der Waals surface area contributed by atoms with E-state index >= 15 is 0 Å². The molecular formula is C30H52ClN3O13. The summed E-state index contributed by atoms with van der Waals surface area (Å²) < 4.78 is 49.1. The summed E-state index contributed by atoms with van der Waals surface area (Å²) in [6.45, 7) is 8.91. The Morgan fingerprint density at radius 3 is 1.28 bits per heavy atom. The Hall–Kier alpha value is -2.25. The van der Waals surface area contributed by atoms with Crippen molar-refractivity contribution in [1.29, 1.82) is 0 Å².